The summed E-state index contributed by atoms with van der Waals surface area (Å²) in [7, 11) is -1.64. The van der Waals surface area contributed by atoms with E-state index >= 15 is 0 Å². The summed E-state index contributed by atoms with van der Waals surface area (Å²) < 4.78 is 18.8. The molecule has 1 aromatic carbocycles. The van der Waals surface area contributed by atoms with Crippen molar-refractivity contribution >= 4 is 24.2 Å². The maximum absolute atomic E-state index is 13.1. The fourth-order valence-corrected chi connectivity index (χ4v) is 2.26. The molecule has 0 unspecified atom stereocenters. The zero-order valence-corrected chi connectivity index (χ0v) is 11.2. The maximum atomic E-state index is 13.1. The first-order valence-electron chi connectivity index (χ1n) is 4.45. The zero-order valence-electron chi connectivity index (χ0n) is 8.60. The number of benzene rings is 1. The minimum absolute atomic E-state index is 0.241. The first kappa shape index (κ1) is 11.7. The molecule has 14 heavy (non-hydrogen) atoms. The van der Waals surface area contributed by atoms with E-state index in [-0.39, 0.29) is 5.82 Å². The molecule has 0 aromatic heterocycles. The average molecular weight is 277 g/mol. The molecule has 0 fully saturated rings. The van der Waals surface area contributed by atoms with Crippen LogP contribution in [0.25, 0.3) is 0 Å². The number of halogens is 2. The van der Waals surface area contributed by atoms with Gasteiger partial charge in [0.1, 0.15) is 11.6 Å². The lowest BCUT2D eigenvalue weighted by molar-refractivity contribution is 0.544. The summed E-state index contributed by atoms with van der Waals surface area (Å²) >= 11 is 3.29. The minimum Gasteiger partial charge on any atom is -0.544 e. The summed E-state index contributed by atoms with van der Waals surface area (Å²) in [6.07, 6.45) is 0. The highest BCUT2D eigenvalue weighted by molar-refractivity contribution is 9.08. The monoisotopic (exact) mass is 276 g/mol. The molecule has 0 aliphatic carbocycles. The van der Waals surface area contributed by atoms with Crippen LogP contribution in [0.3, 0.4) is 0 Å². The molecule has 0 atom stereocenters. The Bertz CT molecular complexity index is 322. The van der Waals surface area contributed by atoms with E-state index in [9.17, 15) is 4.39 Å². The fourth-order valence-electron chi connectivity index (χ4n) is 1.11. The van der Waals surface area contributed by atoms with E-state index in [4.69, 9.17) is 4.43 Å². The van der Waals surface area contributed by atoms with Gasteiger partial charge in [-0.2, -0.15) is 0 Å². The second-order valence-corrected chi connectivity index (χ2v) is 9.13. The molecule has 0 spiro atoms. The van der Waals surface area contributed by atoms with Gasteiger partial charge in [0, 0.05) is 11.4 Å². The van der Waals surface area contributed by atoms with Crippen molar-refractivity contribution in [2.24, 2.45) is 0 Å². The van der Waals surface area contributed by atoms with Gasteiger partial charge in [-0.05, 0) is 37.3 Å². The first-order valence-corrected chi connectivity index (χ1v) is 8.98. The summed E-state index contributed by atoms with van der Waals surface area (Å²) in [5.41, 5.74) is 0.901. The second-order valence-electron chi connectivity index (χ2n) is 4.14. The summed E-state index contributed by atoms with van der Waals surface area (Å²) in [6, 6.07) is 4.81. The molecule has 0 N–H and O–H groups in total. The summed E-state index contributed by atoms with van der Waals surface area (Å²) in [4.78, 5) is 0. The Morgan fingerprint density at radius 1 is 1.29 bits per heavy atom. The number of hydrogen-bond donors (Lipinski definition) is 0. The number of hydrogen-bond acceptors (Lipinski definition) is 1. The lowest BCUT2D eigenvalue weighted by atomic mass is 10.2. The quantitative estimate of drug-likeness (QED) is 0.600. The van der Waals surface area contributed by atoms with Crippen molar-refractivity contribution in [1.29, 1.82) is 0 Å². The molecule has 0 bridgehead atoms. The molecule has 4 heteroatoms. The van der Waals surface area contributed by atoms with E-state index in [0.29, 0.717) is 11.1 Å². The minimum atomic E-state index is -1.64. The molecule has 0 saturated carbocycles. The predicted molar refractivity (Wildman–Crippen MR) is 63.0 cm³/mol. The highest BCUT2D eigenvalue weighted by Gasteiger charge is 2.16. The normalized spacial score (nSPS) is 11.5. The van der Waals surface area contributed by atoms with Crippen LogP contribution in [0.5, 0.6) is 5.75 Å². The van der Waals surface area contributed by atoms with Crippen LogP contribution in [0, 0.1) is 5.82 Å². The van der Waals surface area contributed by atoms with Crippen LogP contribution in [-0.4, -0.2) is 8.32 Å². The fraction of sp³-hybridized carbons (Fsp3) is 0.400. The second kappa shape index (κ2) is 4.44. The molecule has 0 amide bonds. The van der Waals surface area contributed by atoms with E-state index < -0.39 is 8.32 Å². The molecule has 78 valence electrons. The Labute approximate surface area is 93.5 Å². The van der Waals surface area contributed by atoms with Crippen molar-refractivity contribution in [3.8, 4) is 5.75 Å². The highest BCUT2D eigenvalue weighted by Crippen LogP contribution is 2.21. The van der Waals surface area contributed by atoms with E-state index in [1.807, 2.05) is 6.07 Å². The zero-order chi connectivity index (χ0) is 10.8. The third-order valence-corrected chi connectivity index (χ3v) is 3.00. The van der Waals surface area contributed by atoms with Gasteiger partial charge >= 0.3 is 0 Å². The third kappa shape index (κ3) is 3.80. The van der Waals surface area contributed by atoms with Crippen LogP contribution < -0.4 is 4.43 Å². The molecule has 1 nitrogen and oxygen atoms in total. The molecule has 0 heterocycles. The lowest BCUT2D eigenvalue weighted by Gasteiger charge is -2.19. The summed E-state index contributed by atoms with van der Waals surface area (Å²) in [5.74, 6) is 0.397. The first-order chi connectivity index (χ1) is 6.40. The van der Waals surface area contributed by atoms with Crippen LogP contribution in [0.15, 0.2) is 18.2 Å². The van der Waals surface area contributed by atoms with E-state index in [1.54, 1.807) is 0 Å². The van der Waals surface area contributed by atoms with E-state index in [0.717, 1.165) is 5.56 Å². The summed E-state index contributed by atoms with van der Waals surface area (Å²) in [5, 5.41) is 0.646. The molecule has 0 saturated heterocycles. The third-order valence-electron chi connectivity index (χ3n) is 1.51. The van der Waals surface area contributed by atoms with Gasteiger partial charge in [-0.1, -0.05) is 15.9 Å². The van der Waals surface area contributed by atoms with Crippen molar-refractivity contribution in [3.63, 3.8) is 0 Å². The topological polar surface area (TPSA) is 9.23 Å². The Hall–Kier alpha value is -0.353. The van der Waals surface area contributed by atoms with E-state index in [1.165, 1.54) is 12.1 Å². The Balaban J connectivity index is 2.92. The molecule has 0 aliphatic rings. The molecular weight excluding hydrogens is 263 g/mol. The molecule has 1 aromatic rings. The van der Waals surface area contributed by atoms with Crippen molar-refractivity contribution in [3.05, 3.63) is 29.6 Å². The van der Waals surface area contributed by atoms with Crippen LogP contribution in [0.4, 0.5) is 4.39 Å². The van der Waals surface area contributed by atoms with Crippen LogP contribution in [0.2, 0.25) is 19.6 Å². The number of alkyl halides is 1. The Morgan fingerprint density at radius 2 is 1.93 bits per heavy atom. The van der Waals surface area contributed by atoms with Crippen LogP contribution in [0.1, 0.15) is 5.56 Å². The van der Waals surface area contributed by atoms with Gasteiger partial charge in [-0.25, -0.2) is 4.39 Å². The molecule has 1 rings (SSSR count). The Morgan fingerprint density at radius 3 is 2.43 bits per heavy atom. The van der Waals surface area contributed by atoms with Crippen molar-refractivity contribution in [2.45, 2.75) is 25.0 Å². The molecule has 0 radical (unpaired) electrons. The standard InChI is InChI=1S/C10H14BrFOSi/c1-14(2,3)13-10-5-8(7-11)4-9(12)6-10/h4-6H,7H2,1-3H3. The van der Waals surface area contributed by atoms with Gasteiger partial charge in [0.15, 0.2) is 0 Å². The van der Waals surface area contributed by atoms with Gasteiger partial charge in [0.25, 0.3) is 0 Å². The average Bonchev–Trinajstić information content (AvgIpc) is 1.99. The van der Waals surface area contributed by atoms with Crippen LogP contribution >= 0.6 is 15.9 Å². The van der Waals surface area contributed by atoms with Crippen molar-refractivity contribution in [2.75, 3.05) is 0 Å². The van der Waals surface area contributed by atoms with E-state index in [2.05, 4.69) is 35.6 Å². The van der Waals surface area contributed by atoms with Gasteiger partial charge in [-0.3, -0.25) is 0 Å². The molecular formula is C10H14BrFOSi. The molecule has 0 aliphatic heterocycles. The Kier molecular flexibility index (Phi) is 3.72. The van der Waals surface area contributed by atoms with Gasteiger partial charge < -0.3 is 4.43 Å². The lowest BCUT2D eigenvalue weighted by Crippen LogP contribution is -2.29. The highest BCUT2D eigenvalue weighted by atomic mass is 79.9. The predicted octanol–water partition coefficient (Wildman–Crippen LogP) is 3.93. The van der Waals surface area contributed by atoms with Crippen molar-refractivity contribution < 1.29 is 8.82 Å². The largest absolute Gasteiger partial charge is 0.544 e. The van der Waals surface area contributed by atoms with Gasteiger partial charge in [-0.15, -0.1) is 0 Å². The maximum Gasteiger partial charge on any atom is 0.242 e. The SMILES string of the molecule is C[Si](C)(C)Oc1cc(F)cc(CBr)c1. The van der Waals surface area contributed by atoms with Crippen molar-refractivity contribution in [1.82, 2.24) is 0 Å². The van der Waals surface area contributed by atoms with Crippen LogP contribution in [-0.2, 0) is 5.33 Å². The smallest absolute Gasteiger partial charge is 0.242 e. The number of rotatable bonds is 3. The van der Waals surface area contributed by atoms with Gasteiger partial charge in [0.2, 0.25) is 8.32 Å². The van der Waals surface area contributed by atoms with Gasteiger partial charge in [0.05, 0.1) is 0 Å². The summed E-state index contributed by atoms with van der Waals surface area (Å²) in [6.45, 7) is 6.23.